The molecule has 1 N–H and O–H groups in total. The van der Waals surface area contributed by atoms with Crippen molar-refractivity contribution >= 4 is 27.7 Å². The van der Waals surface area contributed by atoms with Gasteiger partial charge in [0.2, 0.25) is 0 Å². The Labute approximate surface area is 95.5 Å². The number of hydrogen-bond donors (Lipinski definition) is 1. The zero-order valence-corrected chi connectivity index (χ0v) is 9.69. The molecular formula is C10H10BrNO3. The van der Waals surface area contributed by atoms with E-state index in [-0.39, 0.29) is 12.2 Å². The number of Topliss-reactive ketones (excluding diaryl/α,β-unsaturated/α-hetero) is 1. The molecule has 0 aliphatic rings. The molecule has 1 rings (SSSR count). The Morgan fingerprint density at radius 2 is 2.20 bits per heavy atom. The monoisotopic (exact) mass is 271 g/mol. The van der Waals surface area contributed by atoms with Crippen molar-refractivity contribution in [1.82, 2.24) is 4.98 Å². The van der Waals surface area contributed by atoms with Crippen LogP contribution in [0.15, 0.2) is 22.9 Å². The van der Waals surface area contributed by atoms with Gasteiger partial charge in [-0.2, -0.15) is 0 Å². The van der Waals surface area contributed by atoms with Crippen molar-refractivity contribution in [3.05, 3.63) is 28.5 Å². The van der Waals surface area contributed by atoms with E-state index in [1.165, 1.54) is 13.1 Å². The molecule has 0 aromatic carbocycles. The van der Waals surface area contributed by atoms with E-state index in [9.17, 15) is 9.59 Å². The fraction of sp³-hybridized carbons (Fsp3) is 0.300. The maximum Gasteiger partial charge on any atom is 0.306 e. The first-order valence-corrected chi connectivity index (χ1v) is 5.16. The second-order valence-corrected chi connectivity index (χ2v) is 4.17. The number of aromatic nitrogens is 1. The molecule has 0 saturated heterocycles. The molecule has 1 heterocycles. The van der Waals surface area contributed by atoms with Gasteiger partial charge in [0.15, 0.2) is 5.78 Å². The van der Waals surface area contributed by atoms with Gasteiger partial charge in [-0.3, -0.25) is 14.6 Å². The van der Waals surface area contributed by atoms with E-state index in [1.54, 1.807) is 12.3 Å². The summed E-state index contributed by atoms with van der Waals surface area (Å²) in [5, 5.41) is 8.66. The lowest BCUT2D eigenvalue weighted by Crippen LogP contribution is -2.14. The molecule has 1 aromatic rings. The molecule has 5 heteroatoms. The molecule has 0 spiro atoms. The first kappa shape index (κ1) is 11.8. The Balaban J connectivity index is 2.73. The lowest BCUT2D eigenvalue weighted by Gasteiger charge is -2.04. The van der Waals surface area contributed by atoms with Crippen molar-refractivity contribution in [3.8, 4) is 0 Å². The number of aliphatic carboxylic acids is 1. The minimum Gasteiger partial charge on any atom is -0.481 e. The highest BCUT2D eigenvalue weighted by Gasteiger charge is 2.17. The third-order valence-electron chi connectivity index (χ3n) is 1.94. The van der Waals surface area contributed by atoms with Crippen LogP contribution in [0.1, 0.15) is 23.7 Å². The highest BCUT2D eigenvalue weighted by molar-refractivity contribution is 9.10. The predicted molar refractivity (Wildman–Crippen MR) is 57.7 cm³/mol. The van der Waals surface area contributed by atoms with Gasteiger partial charge in [0, 0.05) is 28.9 Å². The molecule has 0 aliphatic heterocycles. The Morgan fingerprint density at radius 3 is 2.73 bits per heavy atom. The minimum absolute atomic E-state index is 0.00648. The van der Waals surface area contributed by atoms with E-state index in [4.69, 9.17) is 5.11 Å². The van der Waals surface area contributed by atoms with E-state index in [0.717, 1.165) is 0 Å². The van der Waals surface area contributed by atoms with Gasteiger partial charge in [-0.15, -0.1) is 0 Å². The van der Waals surface area contributed by atoms with Crippen LogP contribution in [-0.2, 0) is 4.79 Å². The first-order chi connectivity index (χ1) is 7.00. The molecule has 15 heavy (non-hydrogen) atoms. The van der Waals surface area contributed by atoms with Crippen LogP contribution in [0.3, 0.4) is 0 Å². The number of pyridine rings is 1. The second kappa shape index (κ2) is 5.02. The maximum absolute atomic E-state index is 11.6. The van der Waals surface area contributed by atoms with Crippen LogP contribution >= 0.6 is 15.9 Å². The van der Waals surface area contributed by atoms with Crippen LogP contribution in [0, 0.1) is 5.92 Å². The standard InChI is InChI=1S/C10H10BrNO3/c1-6(10(14)15)2-9(13)7-3-8(11)5-12-4-7/h3-6H,2H2,1H3,(H,14,15). The van der Waals surface area contributed by atoms with Crippen LogP contribution in [-0.4, -0.2) is 21.8 Å². The lowest BCUT2D eigenvalue weighted by molar-refractivity contribution is -0.141. The third kappa shape index (κ3) is 3.43. The van der Waals surface area contributed by atoms with Gasteiger partial charge in [0.1, 0.15) is 0 Å². The van der Waals surface area contributed by atoms with E-state index >= 15 is 0 Å². The average molecular weight is 272 g/mol. The number of halogens is 1. The molecule has 0 saturated carbocycles. The van der Waals surface area contributed by atoms with Gasteiger partial charge in [-0.05, 0) is 22.0 Å². The van der Waals surface area contributed by atoms with Gasteiger partial charge in [-0.1, -0.05) is 6.92 Å². The minimum atomic E-state index is -0.966. The molecular weight excluding hydrogens is 262 g/mol. The number of carbonyl (C=O) groups is 2. The highest BCUT2D eigenvalue weighted by atomic mass is 79.9. The highest BCUT2D eigenvalue weighted by Crippen LogP contribution is 2.13. The molecule has 1 atom stereocenters. The Kier molecular flexibility index (Phi) is 3.96. The Morgan fingerprint density at radius 1 is 1.53 bits per heavy atom. The predicted octanol–water partition coefficient (Wildman–Crippen LogP) is 2.14. The maximum atomic E-state index is 11.6. The average Bonchev–Trinajstić information content (AvgIpc) is 2.17. The lowest BCUT2D eigenvalue weighted by atomic mass is 10.0. The van der Waals surface area contributed by atoms with Gasteiger partial charge in [0.05, 0.1) is 5.92 Å². The summed E-state index contributed by atoms with van der Waals surface area (Å²) in [7, 11) is 0. The van der Waals surface area contributed by atoms with Crippen LogP contribution < -0.4 is 0 Å². The Hall–Kier alpha value is -1.23. The van der Waals surface area contributed by atoms with Crippen LogP contribution in [0.25, 0.3) is 0 Å². The number of hydrogen-bond acceptors (Lipinski definition) is 3. The number of nitrogens with zero attached hydrogens (tertiary/aromatic N) is 1. The largest absolute Gasteiger partial charge is 0.481 e. The van der Waals surface area contributed by atoms with E-state index in [2.05, 4.69) is 20.9 Å². The summed E-state index contributed by atoms with van der Waals surface area (Å²) in [6, 6.07) is 1.63. The van der Waals surface area contributed by atoms with E-state index < -0.39 is 11.9 Å². The zero-order chi connectivity index (χ0) is 11.4. The number of carboxylic acid groups (broad SMARTS) is 1. The van der Waals surface area contributed by atoms with Crippen molar-refractivity contribution in [2.24, 2.45) is 5.92 Å². The quantitative estimate of drug-likeness (QED) is 0.852. The summed E-state index contributed by atoms with van der Waals surface area (Å²) >= 11 is 3.19. The topological polar surface area (TPSA) is 67.3 Å². The third-order valence-corrected chi connectivity index (χ3v) is 2.37. The fourth-order valence-corrected chi connectivity index (χ4v) is 1.41. The molecule has 0 amide bonds. The van der Waals surface area contributed by atoms with Gasteiger partial charge >= 0.3 is 5.97 Å². The number of ketones is 1. The molecule has 4 nitrogen and oxygen atoms in total. The van der Waals surface area contributed by atoms with Crippen molar-refractivity contribution in [2.75, 3.05) is 0 Å². The SMILES string of the molecule is CC(CC(=O)c1cncc(Br)c1)C(=O)O. The molecule has 1 unspecified atom stereocenters. The van der Waals surface area contributed by atoms with Gasteiger partial charge in [0.25, 0.3) is 0 Å². The van der Waals surface area contributed by atoms with Crippen LogP contribution in [0.2, 0.25) is 0 Å². The van der Waals surface area contributed by atoms with Gasteiger partial charge in [-0.25, -0.2) is 0 Å². The Bertz CT molecular complexity index is 392. The number of carbonyl (C=O) groups excluding carboxylic acids is 1. The smallest absolute Gasteiger partial charge is 0.306 e. The van der Waals surface area contributed by atoms with Crippen molar-refractivity contribution in [3.63, 3.8) is 0 Å². The molecule has 1 aromatic heterocycles. The van der Waals surface area contributed by atoms with Gasteiger partial charge < -0.3 is 5.11 Å². The fourth-order valence-electron chi connectivity index (χ4n) is 1.05. The summed E-state index contributed by atoms with van der Waals surface area (Å²) < 4.78 is 0.705. The number of carboxylic acids is 1. The molecule has 0 fully saturated rings. The zero-order valence-electron chi connectivity index (χ0n) is 8.11. The molecule has 80 valence electrons. The van der Waals surface area contributed by atoms with Crippen LogP contribution in [0.4, 0.5) is 0 Å². The molecule has 0 radical (unpaired) electrons. The summed E-state index contributed by atoms with van der Waals surface area (Å²) in [4.78, 5) is 26.0. The number of rotatable bonds is 4. The molecule has 0 bridgehead atoms. The second-order valence-electron chi connectivity index (χ2n) is 3.26. The summed E-state index contributed by atoms with van der Waals surface area (Å²) in [6.07, 6.45) is 2.99. The van der Waals surface area contributed by atoms with E-state index in [1.807, 2.05) is 0 Å². The molecule has 0 aliphatic carbocycles. The first-order valence-electron chi connectivity index (χ1n) is 4.37. The van der Waals surface area contributed by atoms with Crippen molar-refractivity contribution < 1.29 is 14.7 Å². The summed E-state index contributed by atoms with van der Waals surface area (Å²) in [5.41, 5.74) is 0.428. The van der Waals surface area contributed by atoms with E-state index in [0.29, 0.717) is 10.0 Å². The summed E-state index contributed by atoms with van der Waals surface area (Å²) in [5.74, 6) is -1.85. The normalized spacial score (nSPS) is 12.1. The van der Waals surface area contributed by atoms with Crippen LogP contribution in [0.5, 0.6) is 0 Å². The van der Waals surface area contributed by atoms with Crippen molar-refractivity contribution in [2.45, 2.75) is 13.3 Å². The summed E-state index contributed by atoms with van der Waals surface area (Å²) in [6.45, 7) is 1.51. The van der Waals surface area contributed by atoms with Crippen molar-refractivity contribution in [1.29, 1.82) is 0 Å².